The van der Waals surface area contributed by atoms with Crippen LogP contribution in [-0.4, -0.2) is 16.7 Å². The van der Waals surface area contributed by atoms with Gasteiger partial charge >= 0.3 is 5.97 Å². The van der Waals surface area contributed by atoms with Crippen LogP contribution < -0.4 is 0 Å². The Morgan fingerprint density at radius 2 is 2.00 bits per heavy atom. The molecule has 0 radical (unpaired) electrons. The molecule has 0 aromatic heterocycles. The second-order valence-corrected chi connectivity index (χ2v) is 5.98. The van der Waals surface area contributed by atoms with Crippen molar-refractivity contribution in [2.45, 2.75) is 70.1 Å². The maximum Gasteiger partial charge on any atom is 0.307 e. The van der Waals surface area contributed by atoms with Gasteiger partial charge in [-0.1, -0.05) is 33.1 Å². The van der Waals surface area contributed by atoms with Gasteiger partial charge in [-0.15, -0.1) is 11.8 Å². The van der Waals surface area contributed by atoms with E-state index in [0.29, 0.717) is 6.42 Å². The van der Waals surface area contributed by atoms with Gasteiger partial charge in [-0.25, -0.2) is 0 Å². The minimum atomic E-state index is -0.165. The van der Waals surface area contributed by atoms with Gasteiger partial charge in [0.05, 0.1) is 6.42 Å². The monoisotopic (exact) mass is 244 g/mol. The fraction of sp³-hybridized carbons (Fsp3) is 0.923. The first kappa shape index (κ1) is 13.9. The first-order chi connectivity index (χ1) is 7.72. The number of hydrogen-bond acceptors (Lipinski definition) is 3. The first-order valence-corrected chi connectivity index (χ1v) is 7.57. The summed E-state index contributed by atoms with van der Waals surface area (Å²) in [5.41, 5.74) is 0. The van der Waals surface area contributed by atoms with Crippen molar-refractivity contribution < 1.29 is 9.53 Å². The predicted molar refractivity (Wildman–Crippen MR) is 69.6 cm³/mol. The number of thioether (sulfide) groups is 1. The molecule has 0 aromatic carbocycles. The summed E-state index contributed by atoms with van der Waals surface area (Å²) in [5, 5.41) is 0. The zero-order valence-electron chi connectivity index (χ0n) is 10.6. The molecule has 1 rings (SSSR count). The molecule has 2 nitrogen and oxygen atoms in total. The van der Waals surface area contributed by atoms with E-state index in [1.165, 1.54) is 32.1 Å². The molecule has 1 unspecified atom stereocenters. The molecule has 1 aliphatic rings. The van der Waals surface area contributed by atoms with E-state index in [9.17, 15) is 4.79 Å². The SMILES string of the molecule is CCCCCC1(SCCCC)CCC(=O)O1. The Morgan fingerprint density at radius 1 is 1.25 bits per heavy atom. The molecule has 0 amide bonds. The Labute approximate surface area is 104 Å². The van der Waals surface area contributed by atoms with Crippen LogP contribution in [0.25, 0.3) is 0 Å². The largest absolute Gasteiger partial charge is 0.448 e. The number of ether oxygens (including phenoxy) is 1. The molecule has 1 saturated heterocycles. The van der Waals surface area contributed by atoms with Crippen molar-refractivity contribution in [3.05, 3.63) is 0 Å². The lowest BCUT2D eigenvalue weighted by Gasteiger charge is -2.27. The van der Waals surface area contributed by atoms with Crippen LogP contribution in [-0.2, 0) is 9.53 Å². The van der Waals surface area contributed by atoms with Crippen molar-refractivity contribution in [1.82, 2.24) is 0 Å². The molecule has 16 heavy (non-hydrogen) atoms. The van der Waals surface area contributed by atoms with E-state index >= 15 is 0 Å². The molecule has 0 aromatic rings. The average molecular weight is 244 g/mol. The third kappa shape index (κ3) is 4.36. The molecule has 1 heterocycles. The Kier molecular flexibility index (Phi) is 6.25. The lowest BCUT2D eigenvalue weighted by atomic mass is 10.1. The van der Waals surface area contributed by atoms with E-state index in [1.807, 2.05) is 11.8 Å². The third-order valence-corrected chi connectivity index (χ3v) is 4.54. The van der Waals surface area contributed by atoms with Crippen LogP contribution in [0.4, 0.5) is 0 Å². The Morgan fingerprint density at radius 3 is 2.56 bits per heavy atom. The minimum absolute atomic E-state index is 0.000460. The Balaban J connectivity index is 2.38. The van der Waals surface area contributed by atoms with Crippen molar-refractivity contribution >= 4 is 17.7 Å². The average Bonchev–Trinajstić information content (AvgIpc) is 2.62. The van der Waals surface area contributed by atoms with Crippen LogP contribution in [0, 0.1) is 0 Å². The maximum absolute atomic E-state index is 11.3. The van der Waals surface area contributed by atoms with Crippen molar-refractivity contribution in [2.24, 2.45) is 0 Å². The fourth-order valence-corrected chi connectivity index (χ4v) is 3.49. The molecule has 0 spiro atoms. The number of carbonyl (C=O) groups excluding carboxylic acids is 1. The van der Waals surface area contributed by atoms with E-state index in [2.05, 4.69) is 13.8 Å². The molecule has 94 valence electrons. The molecule has 1 aliphatic heterocycles. The normalized spacial score (nSPS) is 24.8. The maximum atomic E-state index is 11.3. The number of hydrogen-bond donors (Lipinski definition) is 0. The van der Waals surface area contributed by atoms with E-state index in [1.54, 1.807) is 0 Å². The molecule has 0 saturated carbocycles. The lowest BCUT2D eigenvalue weighted by Crippen LogP contribution is -2.24. The lowest BCUT2D eigenvalue weighted by molar-refractivity contribution is -0.143. The molecule has 0 aliphatic carbocycles. The van der Waals surface area contributed by atoms with Gasteiger partial charge in [0.1, 0.15) is 0 Å². The molecule has 3 heteroatoms. The Bertz CT molecular complexity index is 206. The number of cyclic esters (lactones) is 1. The van der Waals surface area contributed by atoms with Crippen LogP contribution in [0.5, 0.6) is 0 Å². The summed E-state index contributed by atoms with van der Waals surface area (Å²) in [6, 6.07) is 0. The summed E-state index contributed by atoms with van der Waals surface area (Å²) in [4.78, 5) is 11.1. The summed E-state index contributed by atoms with van der Waals surface area (Å²) >= 11 is 1.87. The van der Waals surface area contributed by atoms with Crippen molar-refractivity contribution in [3.8, 4) is 0 Å². The molecule has 1 atom stereocenters. The van der Waals surface area contributed by atoms with Gasteiger partial charge in [-0.3, -0.25) is 4.79 Å². The van der Waals surface area contributed by atoms with E-state index in [-0.39, 0.29) is 10.9 Å². The van der Waals surface area contributed by atoms with Gasteiger partial charge in [-0.2, -0.15) is 0 Å². The number of esters is 1. The van der Waals surface area contributed by atoms with Crippen LogP contribution in [0.2, 0.25) is 0 Å². The van der Waals surface area contributed by atoms with Crippen molar-refractivity contribution in [2.75, 3.05) is 5.75 Å². The predicted octanol–water partition coefficient (Wildman–Crippen LogP) is 4.13. The number of carbonyl (C=O) groups is 1. The van der Waals surface area contributed by atoms with Crippen LogP contribution in [0.15, 0.2) is 0 Å². The van der Waals surface area contributed by atoms with Gasteiger partial charge in [0.25, 0.3) is 0 Å². The summed E-state index contributed by atoms with van der Waals surface area (Å²) in [6.07, 6.45) is 8.67. The van der Waals surface area contributed by atoms with Gasteiger partial charge in [0, 0.05) is 6.42 Å². The summed E-state index contributed by atoms with van der Waals surface area (Å²) in [7, 11) is 0. The first-order valence-electron chi connectivity index (χ1n) is 6.58. The molecular formula is C13H24O2S. The molecular weight excluding hydrogens is 220 g/mol. The quantitative estimate of drug-likeness (QED) is 0.474. The van der Waals surface area contributed by atoms with Crippen LogP contribution in [0.3, 0.4) is 0 Å². The van der Waals surface area contributed by atoms with Crippen LogP contribution in [0.1, 0.15) is 65.2 Å². The van der Waals surface area contributed by atoms with E-state index in [0.717, 1.165) is 18.6 Å². The van der Waals surface area contributed by atoms with Gasteiger partial charge in [0.15, 0.2) is 4.93 Å². The molecule has 1 fully saturated rings. The molecule has 0 N–H and O–H groups in total. The van der Waals surface area contributed by atoms with Gasteiger partial charge in [-0.05, 0) is 25.0 Å². The summed E-state index contributed by atoms with van der Waals surface area (Å²) in [6.45, 7) is 4.41. The highest BCUT2D eigenvalue weighted by atomic mass is 32.2. The van der Waals surface area contributed by atoms with Crippen molar-refractivity contribution in [3.63, 3.8) is 0 Å². The highest BCUT2D eigenvalue weighted by Gasteiger charge is 2.39. The second-order valence-electron chi connectivity index (χ2n) is 4.54. The minimum Gasteiger partial charge on any atom is -0.448 e. The topological polar surface area (TPSA) is 26.3 Å². The van der Waals surface area contributed by atoms with Gasteiger partial charge < -0.3 is 4.74 Å². The van der Waals surface area contributed by atoms with E-state index in [4.69, 9.17) is 4.74 Å². The zero-order chi connectivity index (χ0) is 11.9. The highest BCUT2D eigenvalue weighted by Crippen LogP contribution is 2.42. The number of unbranched alkanes of at least 4 members (excludes halogenated alkanes) is 3. The van der Waals surface area contributed by atoms with E-state index < -0.39 is 0 Å². The second kappa shape index (κ2) is 7.21. The standard InChI is InChI=1S/C13H24O2S/c1-3-5-7-9-13(16-11-6-4-2)10-8-12(14)15-13/h3-11H2,1-2H3. The molecule has 0 bridgehead atoms. The summed E-state index contributed by atoms with van der Waals surface area (Å²) < 4.78 is 5.57. The Hall–Kier alpha value is -0.180. The summed E-state index contributed by atoms with van der Waals surface area (Å²) in [5.74, 6) is 1.12. The van der Waals surface area contributed by atoms with Crippen molar-refractivity contribution in [1.29, 1.82) is 0 Å². The smallest absolute Gasteiger partial charge is 0.307 e. The fourth-order valence-electron chi connectivity index (χ4n) is 2.00. The zero-order valence-corrected chi connectivity index (χ0v) is 11.4. The third-order valence-electron chi connectivity index (χ3n) is 3.03. The van der Waals surface area contributed by atoms with Crippen LogP contribution >= 0.6 is 11.8 Å². The number of rotatable bonds is 8. The highest BCUT2D eigenvalue weighted by molar-refractivity contribution is 8.00. The van der Waals surface area contributed by atoms with Gasteiger partial charge in [0.2, 0.25) is 0 Å².